The molecule has 2 aliphatic heterocycles. The fraction of sp³-hybridized carbons (Fsp3) is 1.00. The average molecular weight is 172 g/mol. The molecule has 3 nitrogen and oxygen atoms in total. The van der Waals surface area contributed by atoms with Crippen LogP contribution in [0.2, 0.25) is 0 Å². The van der Waals surface area contributed by atoms with E-state index in [1.165, 1.54) is 0 Å². The summed E-state index contributed by atoms with van der Waals surface area (Å²) in [7, 11) is 0. The molecule has 3 heteroatoms. The molecule has 3 unspecified atom stereocenters. The van der Waals surface area contributed by atoms with Crippen molar-refractivity contribution in [3.05, 3.63) is 0 Å². The third-order valence-electron chi connectivity index (χ3n) is 2.67. The molecule has 70 valence electrons. The normalized spacial score (nSPS) is 43.2. The summed E-state index contributed by atoms with van der Waals surface area (Å²) >= 11 is 0. The molecule has 0 saturated carbocycles. The monoisotopic (exact) mass is 172 g/mol. The van der Waals surface area contributed by atoms with Crippen molar-refractivity contribution in [2.75, 3.05) is 13.2 Å². The lowest BCUT2D eigenvalue weighted by Gasteiger charge is -2.30. The number of aliphatic hydroxyl groups is 1. The van der Waals surface area contributed by atoms with E-state index in [-0.39, 0.29) is 18.3 Å². The Morgan fingerprint density at radius 2 is 1.83 bits per heavy atom. The number of aliphatic hydroxyl groups excluding tert-OH is 1. The zero-order valence-corrected chi connectivity index (χ0v) is 7.24. The van der Waals surface area contributed by atoms with Crippen molar-refractivity contribution in [2.45, 2.75) is 44.0 Å². The minimum atomic E-state index is -0.173. The zero-order valence-electron chi connectivity index (χ0n) is 7.24. The lowest BCUT2D eigenvalue weighted by atomic mass is 10.0. The highest BCUT2D eigenvalue weighted by Crippen LogP contribution is 2.24. The minimum Gasteiger partial charge on any atom is -0.393 e. The maximum atomic E-state index is 9.40. The van der Waals surface area contributed by atoms with Gasteiger partial charge >= 0.3 is 0 Å². The van der Waals surface area contributed by atoms with Crippen LogP contribution in [0, 0.1) is 0 Å². The van der Waals surface area contributed by atoms with Gasteiger partial charge in [-0.3, -0.25) is 0 Å². The van der Waals surface area contributed by atoms with Crippen LogP contribution < -0.4 is 0 Å². The van der Waals surface area contributed by atoms with Gasteiger partial charge in [-0.15, -0.1) is 0 Å². The van der Waals surface area contributed by atoms with Crippen molar-refractivity contribution >= 4 is 0 Å². The van der Waals surface area contributed by atoms with Gasteiger partial charge < -0.3 is 14.6 Å². The van der Waals surface area contributed by atoms with Gasteiger partial charge in [-0.25, -0.2) is 0 Å². The van der Waals surface area contributed by atoms with Gasteiger partial charge in [-0.2, -0.15) is 0 Å². The van der Waals surface area contributed by atoms with E-state index in [0.717, 1.165) is 32.3 Å². The highest BCUT2D eigenvalue weighted by atomic mass is 16.5. The molecule has 2 fully saturated rings. The predicted octanol–water partition coefficient (Wildman–Crippen LogP) is 0.705. The smallest absolute Gasteiger partial charge is 0.0861 e. The average Bonchev–Trinajstić information content (AvgIpc) is 2.56. The molecule has 2 saturated heterocycles. The molecule has 0 aromatic heterocycles. The van der Waals surface area contributed by atoms with Gasteiger partial charge in [0.05, 0.1) is 18.3 Å². The van der Waals surface area contributed by atoms with Gasteiger partial charge in [-0.05, 0) is 19.3 Å². The third-order valence-corrected chi connectivity index (χ3v) is 2.67. The van der Waals surface area contributed by atoms with Gasteiger partial charge in [0.15, 0.2) is 0 Å². The predicted molar refractivity (Wildman–Crippen MR) is 44.0 cm³/mol. The van der Waals surface area contributed by atoms with Crippen LogP contribution in [0.4, 0.5) is 0 Å². The SMILES string of the molecule is OC1CCOC(C2CCCO2)C1. The van der Waals surface area contributed by atoms with E-state index in [0.29, 0.717) is 6.61 Å². The first-order valence-electron chi connectivity index (χ1n) is 4.77. The molecule has 2 rings (SSSR count). The maximum Gasteiger partial charge on any atom is 0.0861 e. The molecular weight excluding hydrogens is 156 g/mol. The fourth-order valence-electron chi connectivity index (χ4n) is 1.96. The molecule has 0 aromatic rings. The van der Waals surface area contributed by atoms with Crippen LogP contribution in [-0.2, 0) is 9.47 Å². The molecule has 2 heterocycles. The van der Waals surface area contributed by atoms with E-state index in [2.05, 4.69) is 0 Å². The summed E-state index contributed by atoms with van der Waals surface area (Å²) in [5.41, 5.74) is 0. The second kappa shape index (κ2) is 3.73. The van der Waals surface area contributed by atoms with Crippen molar-refractivity contribution < 1.29 is 14.6 Å². The van der Waals surface area contributed by atoms with Crippen LogP contribution in [0.25, 0.3) is 0 Å². The van der Waals surface area contributed by atoms with Crippen molar-refractivity contribution in [3.63, 3.8) is 0 Å². The van der Waals surface area contributed by atoms with E-state index in [4.69, 9.17) is 9.47 Å². The minimum absolute atomic E-state index is 0.149. The van der Waals surface area contributed by atoms with Crippen LogP contribution in [0.5, 0.6) is 0 Å². The fourth-order valence-corrected chi connectivity index (χ4v) is 1.96. The van der Waals surface area contributed by atoms with Gasteiger partial charge in [0.2, 0.25) is 0 Å². The molecule has 0 aliphatic carbocycles. The summed E-state index contributed by atoms with van der Waals surface area (Å²) < 4.78 is 11.1. The Hall–Kier alpha value is -0.120. The van der Waals surface area contributed by atoms with E-state index in [1.807, 2.05) is 0 Å². The molecule has 0 aromatic carbocycles. The van der Waals surface area contributed by atoms with Crippen LogP contribution >= 0.6 is 0 Å². The Kier molecular flexibility index (Phi) is 2.63. The summed E-state index contributed by atoms with van der Waals surface area (Å²) in [6.45, 7) is 1.55. The lowest BCUT2D eigenvalue weighted by molar-refractivity contribution is -0.102. The Morgan fingerprint density at radius 3 is 2.50 bits per heavy atom. The summed E-state index contributed by atoms with van der Waals surface area (Å²) in [6, 6.07) is 0. The molecule has 0 radical (unpaired) electrons. The molecule has 2 aliphatic rings. The largest absolute Gasteiger partial charge is 0.393 e. The van der Waals surface area contributed by atoms with Gasteiger partial charge in [-0.1, -0.05) is 0 Å². The summed E-state index contributed by atoms with van der Waals surface area (Å²) in [5, 5.41) is 9.40. The second-order valence-corrected chi connectivity index (χ2v) is 3.64. The van der Waals surface area contributed by atoms with Crippen LogP contribution in [0.3, 0.4) is 0 Å². The second-order valence-electron chi connectivity index (χ2n) is 3.64. The summed E-state index contributed by atoms with van der Waals surface area (Å²) in [6.07, 6.45) is 4.00. The van der Waals surface area contributed by atoms with Gasteiger partial charge in [0.1, 0.15) is 0 Å². The Bertz CT molecular complexity index is 143. The van der Waals surface area contributed by atoms with E-state index >= 15 is 0 Å². The highest BCUT2D eigenvalue weighted by Gasteiger charge is 2.31. The first kappa shape index (κ1) is 8.48. The zero-order chi connectivity index (χ0) is 8.39. The molecule has 12 heavy (non-hydrogen) atoms. The molecular formula is C9H16O3. The van der Waals surface area contributed by atoms with E-state index in [9.17, 15) is 5.11 Å². The first-order chi connectivity index (χ1) is 5.86. The van der Waals surface area contributed by atoms with Crippen LogP contribution in [0.1, 0.15) is 25.7 Å². The summed E-state index contributed by atoms with van der Waals surface area (Å²) in [5.74, 6) is 0. The van der Waals surface area contributed by atoms with Crippen molar-refractivity contribution in [3.8, 4) is 0 Å². The van der Waals surface area contributed by atoms with Crippen molar-refractivity contribution in [2.24, 2.45) is 0 Å². The third kappa shape index (κ3) is 1.79. The number of rotatable bonds is 1. The van der Waals surface area contributed by atoms with E-state index in [1.54, 1.807) is 0 Å². The Labute approximate surface area is 72.7 Å². The van der Waals surface area contributed by atoms with Gasteiger partial charge in [0, 0.05) is 19.6 Å². The number of hydrogen-bond donors (Lipinski definition) is 1. The standard InChI is InChI=1S/C9H16O3/c10-7-3-5-12-9(6-7)8-2-1-4-11-8/h7-10H,1-6H2. The first-order valence-corrected chi connectivity index (χ1v) is 4.77. The van der Waals surface area contributed by atoms with Gasteiger partial charge in [0.25, 0.3) is 0 Å². The van der Waals surface area contributed by atoms with E-state index < -0.39 is 0 Å². The highest BCUT2D eigenvalue weighted by molar-refractivity contribution is 4.80. The number of ether oxygens (including phenoxy) is 2. The number of hydrogen-bond acceptors (Lipinski definition) is 3. The van der Waals surface area contributed by atoms with Crippen molar-refractivity contribution in [1.29, 1.82) is 0 Å². The van der Waals surface area contributed by atoms with Crippen LogP contribution in [-0.4, -0.2) is 36.6 Å². The maximum absolute atomic E-state index is 9.40. The molecule has 0 spiro atoms. The topological polar surface area (TPSA) is 38.7 Å². The quantitative estimate of drug-likeness (QED) is 0.633. The lowest BCUT2D eigenvalue weighted by Crippen LogP contribution is -2.37. The molecule has 0 bridgehead atoms. The Morgan fingerprint density at radius 1 is 1.00 bits per heavy atom. The molecule has 3 atom stereocenters. The molecule has 1 N–H and O–H groups in total. The summed E-state index contributed by atoms with van der Waals surface area (Å²) in [4.78, 5) is 0. The molecule has 0 amide bonds. The van der Waals surface area contributed by atoms with Crippen LogP contribution in [0.15, 0.2) is 0 Å². The van der Waals surface area contributed by atoms with Crippen molar-refractivity contribution in [1.82, 2.24) is 0 Å². The Balaban J connectivity index is 1.85.